The fraction of sp³-hybridized carbons (Fsp3) is 0.538. The molecule has 1 rings (SSSR count). The minimum absolute atomic E-state index is 0.186. The van der Waals surface area contributed by atoms with Gasteiger partial charge in [0.25, 0.3) is 0 Å². The highest BCUT2D eigenvalue weighted by atomic mass is 35.5. The number of nitrogens with zero attached hydrogens (tertiary/aromatic N) is 1. The van der Waals surface area contributed by atoms with Crippen LogP contribution in [0.3, 0.4) is 0 Å². The molecule has 0 heterocycles. The molecule has 1 unspecified atom stereocenters. The minimum atomic E-state index is -0.355. The number of likely N-dealkylation sites (N-methyl/N-ethyl adjacent to an activating group) is 1. The van der Waals surface area contributed by atoms with Gasteiger partial charge in [0, 0.05) is 24.2 Å². The molecule has 1 aromatic carbocycles. The lowest BCUT2D eigenvalue weighted by Gasteiger charge is -2.20. The molecule has 2 N–H and O–H groups in total. The average molecular weight is 257 g/mol. The van der Waals surface area contributed by atoms with Crippen molar-refractivity contribution in [3.63, 3.8) is 0 Å². The zero-order valence-corrected chi connectivity index (χ0v) is 11.4. The summed E-state index contributed by atoms with van der Waals surface area (Å²) in [4.78, 5) is 1.97. The number of hydrogen-bond donors (Lipinski definition) is 2. The van der Waals surface area contributed by atoms with Gasteiger partial charge >= 0.3 is 0 Å². The molecule has 0 aromatic heterocycles. The van der Waals surface area contributed by atoms with Gasteiger partial charge in [-0.3, -0.25) is 0 Å². The van der Waals surface area contributed by atoms with E-state index >= 15 is 0 Å². The molecule has 0 saturated heterocycles. The fourth-order valence-corrected chi connectivity index (χ4v) is 1.89. The molecule has 3 nitrogen and oxygen atoms in total. The first-order chi connectivity index (χ1) is 7.99. The molecular weight excluding hydrogens is 236 g/mol. The number of hydrogen-bond acceptors (Lipinski definition) is 3. The van der Waals surface area contributed by atoms with E-state index in [4.69, 9.17) is 11.6 Å². The number of halogens is 1. The predicted octanol–water partition coefficient (Wildman–Crippen LogP) is 1.91. The second-order valence-electron chi connectivity index (χ2n) is 4.60. The van der Waals surface area contributed by atoms with E-state index in [0.29, 0.717) is 13.1 Å². The molecule has 17 heavy (non-hydrogen) atoms. The summed E-state index contributed by atoms with van der Waals surface area (Å²) in [5, 5.41) is 13.8. The third kappa shape index (κ3) is 5.50. The topological polar surface area (TPSA) is 35.5 Å². The first-order valence-corrected chi connectivity index (χ1v) is 6.18. The zero-order valence-electron chi connectivity index (χ0n) is 10.7. The number of aliphatic hydroxyl groups is 1. The van der Waals surface area contributed by atoms with Crippen LogP contribution in [0.4, 0.5) is 0 Å². The summed E-state index contributed by atoms with van der Waals surface area (Å²) in [5.41, 5.74) is 1.13. The lowest BCUT2D eigenvalue weighted by atomic mass is 10.1. The van der Waals surface area contributed by atoms with E-state index in [1.165, 1.54) is 0 Å². The van der Waals surface area contributed by atoms with Crippen LogP contribution in [0.25, 0.3) is 0 Å². The maximum absolute atomic E-state index is 9.74. The van der Waals surface area contributed by atoms with Gasteiger partial charge in [-0.2, -0.15) is 0 Å². The van der Waals surface area contributed by atoms with Gasteiger partial charge in [0.05, 0.1) is 6.10 Å². The van der Waals surface area contributed by atoms with E-state index in [1.807, 2.05) is 43.3 Å². The second-order valence-corrected chi connectivity index (χ2v) is 5.04. The summed E-state index contributed by atoms with van der Waals surface area (Å²) < 4.78 is 0. The van der Waals surface area contributed by atoms with Crippen LogP contribution in [-0.2, 0) is 0 Å². The summed E-state index contributed by atoms with van der Waals surface area (Å²) in [6.45, 7) is 3.30. The van der Waals surface area contributed by atoms with Gasteiger partial charge in [-0.05, 0) is 38.7 Å². The van der Waals surface area contributed by atoms with Gasteiger partial charge in [0.2, 0.25) is 0 Å². The molecule has 0 radical (unpaired) electrons. The molecule has 96 valence electrons. The molecule has 0 aliphatic rings. The monoisotopic (exact) mass is 256 g/mol. The fourth-order valence-electron chi connectivity index (χ4n) is 1.69. The molecule has 0 saturated carbocycles. The van der Waals surface area contributed by atoms with Gasteiger partial charge in [-0.25, -0.2) is 0 Å². The molecule has 0 bridgehead atoms. The van der Waals surface area contributed by atoms with Crippen LogP contribution in [0.1, 0.15) is 18.5 Å². The summed E-state index contributed by atoms with van der Waals surface area (Å²) in [6.07, 6.45) is -0.355. The van der Waals surface area contributed by atoms with Gasteiger partial charge in [0.15, 0.2) is 0 Å². The lowest BCUT2D eigenvalue weighted by molar-refractivity contribution is 0.132. The summed E-state index contributed by atoms with van der Waals surface area (Å²) in [6, 6.07) is 7.95. The van der Waals surface area contributed by atoms with Crippen molar-refractivity contribution in [1.29, 1.82) is 0 Å². The molecule has 0 amide bonds. The van der Waals surface area contributed by atoms with Crippen LogP contribution in [0, 0.1) is 0 Å². The standard InChI is InChI=1S/C13H21ClN2O/c1-10(11-5-4-6-12(14)7-11)15-8-13(17)9-16(2)3/h4-7,10,13,15,17H,8-9H2,1-3H3/t10-,13?/m0/s1. The summed E-state index contributed by atoms with van der Waals surface area (Å²) in [7, 11) is 3.90. The Hall–Kier alpha value is -0.610. The molecule has 1 aromatic rings. The minimum Gasteiger partial charge on any atom is -0.390 e. The Morgan fingerprint density at radius 3 is 2.71 bits per heavy atom. The smallest absolute Gasteiger partial charge is 0.0791 e. The zero-order chi connectivity index (χ0) is 12.8. The molecular formula is C13H21ClN2O. The normalized spacial score (nSPS) is 14.9. The van der Waals surface area contributed by atoms with Crippen LogP contribution >= 0.6 is 11.6 Å². The van der Waals surface area contributed by atoms with Gasteiger partial charge in [-0.1, -0.05) is 23.7 Å². The Bertz CT molecular complexity index is 344. The number of aliphatic hydroxyl groups excluding tert-OH is 1. The van der Waals surface area contributed by atoms with Crippen LogP contribution in [-0.4, -0.2) is 43.3 Å². The molecule has 0 aliphatic heterocycles. The molecule has 0 spiro atoms. The SMILES string of the molecule is C[C@H](NCC(O)CN(C)C)c1cccc(Cl)c1. The number of nitrogens with one attached hydrogen (secondary N) is 1. The highest BCUT2D eigenvalue weighted by molar-refractivity contribution is 6.30. The van der Waals surface area contributed by atoms with E-state index in [2.05, 4.69) is 12.2 Å². The first-order valence-electron chi connectivity index (χ1n) is 5.80. The second kappa shape index (κ2) is 6.97. The van der Waals surface area contributed by atoms with E-state index in [0.717, 1.165) is 10.6 Å². The van der Waals surface area contributed by atoms with E-state index in [9.17, 15) is 5.11 Å². The Balaban J connectivity index is 2.42. The van der Waals surface area contributed by atoms with Gasteiger partial charge in [-0.15, -0.1) is 0 Å². The third-order valence-corrected chi connectivity index (χ3v) is 2.82. The van der Waals surface area contributed by atoms with Crippen LogP contribution in [0.2, 0.25) is 5.02 Å². The molecule has 0 fully saturated rings. The number of benzene rings is 1. The predicted molar refractivity (Wildman–Crippen MR) is 72.4 cm³/mol. The third-order valence-electron chi connectivity index (χ3n) is 2.58. The van der Waals surface area contributed by atoms with Crippen LogP contribution in [0.5, 0.6) is 0 Å². The van der Waals surface area contributed by atoms with Gasteiger partial charge in [0.1, 0.15) is 0 Å². The van der Waals surface area contributed by atoms with E-state index < -0.39 is 0 Å². The summed E-state index contributed by atoms with van der Waals surface area (Å²) >= 11 is 5.94. The van der Waals surface area contributed by atoms with Gasteiger partial charge < -0.3 is 15.3 Å². The first kappa shape index (κ1) is 14.5. The Morgan fingerprint density at radius 2 is 2.12 bits per heavy atom. The Kier molecular flexibility index (Phi) is 5.92. The Morgan fingerprint density at radius 1 is 1.41 bits per heavy atom. The van der Waals surface area contributed by atoms with E-state index in [-0.39, 0.29) is 12.1 Å². The maximum atomic E-state index is 9.74. The highest BCUT2D eigenvalue weighted by Crippen LogP contribution is 2.17. The van der Waals surface area contributed by atoms with Crippen molar-refractivity contribution < 1.29 is 5.11 Å². The van der Waals surface area contributed by atoms with Crippen LogP contribution in [0.15, 0.2) is 24.3 Å². The molecule has 0 aliphatic carbocycles. The van der Waals surface area contributed by atoms with Crippen molar-refractivity contribution in [1.82, 2.24) is 10.2 Å². The van der Waals surface area contributed by atoms with Crippen molar-refractivity contribution in [2.45, 2.75) is 19.1 Å². The quantitative estimate of drug-likeness (QED) is 0.816. The van der Waals surface area contributed by atoms with Crippen molar-refractivity contribution in [3.8, 4) is 0 Å². The van der Waals surface area contributed by atoms with Crippen molar-refractivity contribution in [2.24, 2.45) is 0 Å². The van der Waals surface area contributed by atoms with Crippen molar-refractivity contribution in [2.75, 3.05) is 27.2 Å². The Labute approximate surface area is 108 Å². The molecule has 2 atom stereocenters. The molecule has 4 heteroatoms. The average Bonchev–Trinajstić information content (AvgIpc) is 2.25. The summed E-state index contributed by atoms with van der Waals surface area (Å²) in [5.74, 6) is 0. The van der Waals surface area contributed by atoms with Crippen molar-refractivity contribution >= 4 is 11.6 Å². The van der Waals surface area contributed by atoms with Crippen LogP contribution < -0.4 is 5.32 Å². The number of rotatable bonds is 6. The van der Waals surface area contributed by atoms with Crippen molar-refractivity contribution in [3.05, 3.63) is 34.9 Å². The van der Waals surface area contributed by atoms with E-state index in [1.54, 1.807) is 0 Å². The lowest BCUT2D eigenvalue weighted by Crippen LogP contribution is -2.36. The highest BCUT2D eigenvalue weighted by Gasteiger charge is 2.09. The largest absolute Gasteiger partial charge is 0.390 e. The maximum Gasteiger partial charge on any atom is 0.0791 e.